The zero-order chi connectivity index (χ0) is 22.4. The second-order valence-corrected chi connectivity index (χ2v) is 7.40. The minimum atomic E-state index is -0.769. The number of ether oxygens (including phenoxy) is 2. The molecular weight excluding hydrogens is 439 g/mol. The van der Waals surface area contributed by atoms with E-state index in [0.29, 0.717) is 38.5 Å². The van der Waals surface area contributed by atoms with Crippen molar-refractivity contribution in [2.75, 3.05) is 17.7 Å². The molecule has 0 aliphatic heterocycles. The summed E-state index contributed by atoms with van der Waals surface area (Å²) in [4.78, 5) is 24.9. The second-order valence-electron chi connectivity index (χ2n) is 6.55. The lowest BCUT2D eigenvalue weighted by molar-refractivity contribution is -0.122. The Hall–Kier alpha value is -3.22. The molecule has 2 amide bonds. The van der Waals surface area contributed by atoms with Crippen molar-refractivity contribution in [3.8, 4) is 11.5 Å². The van der Waals surface area contributed by atoms with Crippen molar-refractivity contribution in [1.29, 1.82) is 0 Å². The van der Waals surface area contributed by atoms with Crippen LogP contribution in [0.5, 0.6) is 11.5 Å². The summed E-state index contributed by atoms with van der Waals surface area (Å²) in [5.74, 6) is 0.317. The van der Waals surface area contributed by atoms with E-state index in [4.69, 9.17) is 32.7 Å². The molecule has 6 nitrogen and oxygen atoms in total. The van der Waals surface area contributed by atoms with E-state index in [2.05, 4.69) is 10.6 Å². The number of rotatable bonds is 7. The first-order chi connectivity index (χ1) is 14.9. The lowest BCUT2D eigenvalue weighted by Gasteiger charge is -2.16. The molecule has 0 radical (unpaired) electrons. The van der Waals surface area contributed by atoms with E-state index >= 15 is 0 Å². The topological polar surface area (TPSA) is 76.7 Å². The van der Waals surface area contributed by atoms with Crippen LogP contribution in [0.2, 0.25) is 10.0 Å². The maximum atomic E-state index is 12.5. The van der Waals surface area contributed by atoms with Crippen LogP contribution in [0, 0.1) is 0 Å². The first kappa shape index (κ1) is 22.5. The van der Waals surface area contributed by atoms with Gasteiger partial charge in [-0.05, 0) is 61.5 Å². The standard InChI is InChI=1S/C23H20Cl2N2O4/c1-14(22(28)26-19-5-3-4-6-21(19)30-2)31-17-10-7-15(8-11-17)23(29)27-20-13-16(24)9-12-18(20)25/h3-14H,1-2H3,(H,26,28)(H,27,29). The Morgan fingerprint density at radius 1 is 0.903 bits per heavy atom. The first-order valence-electron chi connectivity index (χ1n) is 9.34. The van der Waals surface area contributed by atoms with Crippen LogP contribution in [0.3, 0.4) is 0 Å². The first-order valence-corrected chi connectivity index (χ1v) is 10.1. The number of anilines is 2. The highest BCUT2D eigenvalue weighted by Gasteiger charge is 2.17. The van der Waals surface area contributed by atoms with Crippen LogP contribution in [0.25, 0.3) is 0 Å². The van der Waals surface area contributed by atoms with E-state index in [9.17, 15) is 9.59 Å². The average molecular weight is 459 g/mol. The summed E-state index contributed by atoms with van der Waals surface area (Å²) in [6.07, 6.45) is -0.769. The Balaban J connectivity index is 1.61. The lowest BCUT2D eigenvalue weighted by Crippen LogP contribution is -2.30. The minimum absolute atomic E-state index is 0.332. The van der Waals surface area contributed by atoms with Gasteiger partial charge in [-0.2, -0.15) is 0 Å². The number of hydrogen-bond donors (Lipinski definition) is 2. The number of carbonyl (C=O) groups excluding carboxylic acids is 2. The SMILES string of the molecule is COc1ccccc1NC(=O)C(C)Oc1ccc(C(=O)Nc2cc(Cl)ccc2Cl)cc1. The Bertz CT molecular complexity index is 1090. The molecule has 0 aliphatic carbocycles. The van der Waals surface area contributed by atoms with E-state index in [-0.39, 0.29) is 11.8 Å². The normalized spacial score (nSPS) is 11.4. The third kappa shape index (κ3) is 5.90. The second kappa shape index (κ2) is 10.2. The molecular formula is C23H20Cl2N2O4. The minimum Gasteiger partial charge on any atom is -0.495 e. The molecule has 160 valence electrons. The molecule has 8 heteroatoms. The molecule has 1 unspecified atom stereocenters. The number of halogens is 2. The van der Waals surface area contributed by atoms with Crippen LogP contribution in [-0.4, -0.2) is 25.0 Å². The van der Waals surface area contributed by atoms with Crippen LogP contribution in [0.15, 0.2) is 66.7 Å². The van der Waals surface area contributed by atoms with Gasteiger partial charge in [-0.1, -0.05) is 35.3 Å². The van der Waals surface area contributed by atoms with E-state index < -0.39 is 6.10 Å². The summed E-state index contributed by atoms with van der Waals surface area (Å²) in [7, 11) is 1.53. The predicted octanol–water partition coefficient (Wildman–Crippen LogP) is 5.66. The molecule has 0 fully saturated rings. The van der Waals surface area contributed by atoms with Gasteiger partial charge in [-0.15, -0.1) is 0 Å². The van der Waals surface area contributed by atoms with Crippen LogP contribution in [-0.2, 0) is 4.79 Å². The van der Waals surface area contributed by atoms with Gasteiger partial charge in [0.25, 0.3) is 11.8 Å². The van der Waals surface area contributed by atoms with Gasteiger partial charge in [0.05, 0.1) is 23.5 Å². The molecule has 3 aromatic rings. The molecule has 3 aromatic carbocycles. The zero-order valence-corrected chi connectivity index (χ0v) is 18.3. The van der Waals surface area contributed by atoms with Crippen LogP contribution >= 0.6 is 23.2 Å². The van der Waals surface area contributed by atoms with E-state index in [1.165, 1.54) is 7.11 Å². The van der Waals surface area contributed by atoms with Gasteiger partial charge < -0.3 is 20.1 Å². The largest absolute Gasteiger partial charge is 0.495 e. The fourth-order valence-corrected chi connectivity index (χ4v) is 3.05. The van der Waals surface area contributed by atoms with E-state index in [1.54, 1.807) is 67.6 Å². The maximum Gasteiger partial charge on any atom is 0.265 e. The molecule has 31 heavy (non-hydrogen) atoms. The number of hydrogen-bond acceptors (Lipinski definition) is 4. The molecule has 3 rings (SSSR count). The molecule has 0 bridgehead atoms. The number of nitrogens with one attached hydrogen (secondary N) is 2. The van der Waals surface area contributed by atoms with Gasteiger partial charge >= 0.3 is 0 Å². The maximum absolute atomic E-state index is 12.5. The van der Waals surface area contributed by atoms with Crippen molar-refractivity contribution in [2.45, 2.75) is 13.0 Å². The van der Waals surface area contributed by atoms with Crippen molar-refractivity contribution < 1.29 is 19.1 Å². The smallest absolute Gasteiger partial charge is 0.265 e. The van der Waals surface area contributed by atoms with E-state index in [0.717, 1.165) is 0 Å². The highest BCUT2D eigenvalue weighted by Crippen LogP contribution is 2.26. The molecule has 0 saturated heterocycles. The van der Waals surface area contributed by atoms with Gasteiger partial charge in [0.2, 0.25) is 0 Å². The third-order valence-corrected chi connectivity index (χ3v) is 4.90. The zero-order valence-electron chi connectivity index (χ0n) is 16.8. The summed E-state index contributed by atoms with van der Waals surface area (Å²) in [6, 6.07) is 18.3. The van der Waals surface area contributed by atoms with Crippen molar-refractivity contribution in [2.24, 2.45) is 0 Å². The van der Waals surface area contributed by atoms with Gasteiger partial charge in [0.15, 0.2) is 6.10 Å². The molecule has 0 heterocycles. The molecule has 0 saturated carbocycles. The fourth-order valence-electron chi connectivity index (χ4n) is 2.71. The summed E-state index contributed by atoms with van der Waals surface area (Å²) >= 11 is 12.0. The Morgan fingerprint density at radius 3 is 2.32 bits per heavy atom. The van der Waals surface area contributed by atoms with Crippen molar-refractivity contribution in [3.63, 3.8) is 0 Å². The Kier molecular flexibility index (Phi) is 7.39. The quantitative estimate of drug-likeness (QED) is 0.478. The van der Waals surface area contributed by atoms with Gasteiger partial charge in [0.1, 0.15) is 11.5 Å². The van der Waals surface area contributed by atoms with Gasteiger partial charge in [-0.3, -0.25) is 9.59 Å². The summed E-state index contributed by atoms with van der Waals surface area (Å²) in [6.45, 7) is 1.63. The monoisotopic (exact) mass is 458 g/mol. The number of carbonyl (C=O) groups is 2. The van der Waals surface area contributed by atoms with Crippen LogP contribution < -0.4 is 20.1 Å². The van der Waals surface area contributed by atoms with E-state index in [1.807, 2.05) is 6.07 Å². The molecule has 0 aliphatic rings. The Morgan fingerprint density at radius 2 is 1.61 bits per heavy atom. The summed E-state index contributed by atoms with van der Waals surface area (Å²) in [5, 5.41) is 6.33. The Labute approximate surface area is 190 Å². The summed E-state index contributed by atoms with van der Waals surface area (Å²) in [5.41, 5.74) is 1.37. The number of methoxy groups -OCH3 is 1. The van der Waals surface area contributed by atoms with Gasteiger partial charge in [-0.25, -0.2) is 0 Å². The molecule has 0 spiro atoms. The van der Waals surface area contributed by atoms with Crippen LogP contribution in [0.1, 0.15) is 17.3 Å². The number of para-hydroxylation sites is 2. The number of benzene rings is 3. The van der Waals surface area contributed by atoms with Gasteiger partial charge in [0, 0.05) is 10.6 Å². The molecule has 2 N–H and O–H groups in total. The molecule has 0 aromatic heterocycles. The van der Waals surface area contributed by atoms with Crippen molar-refractivity contribution in [3.05, 3.63) is 82.3 Å². The number of amides is 2. The average Bonchev–Trinajstić information content (AvgIpc) is 2.77. The highest BCUT2D eigenvalue weighted by atomic mass is 35.5. The third-order valence-electron chi connectivity index (χ3n) is 4.34. The fraction of sp³-hybridized carbons (Fsp3) is 0.130. The summed E-state index contributed by atoms with van der Waals surface area (Å²) < 4.78 is 10.9. The highest BCUT2D eigenvalue weighted by molar-refractivity contribution is 6.35. The molecule has 1 atom stereocenters. The van der Waals surface area contributed by atoms with Crippen molar-refractivity contribution in [1.82, 2.24) is 0 Å². The lowest BCUT2D eigenvalue weighted by atomic mass is 10.2. The van der Waals surface area contributed by atoms with Crippen molar-refractivity contribution >= 4 is 46.4 Å². The van der Waals surface area contributed by atoms with Crippen LogP contribution in [0.4, 0.5) is 11.4 Å². The predicted molar refractivity (Wildman–Crippen MR) is 123 cm³/mol.